The molecule has 5 heteroatoms. The third-order valence-corrected chi connectivity index (χ3v) is 5.12. The molecule has 1 saturated carbocycles. The Hall–Kier alpha value is -2.69. The van der Waals surface area contributed by atoms with Gasteiger partial charge in [-0.15, -0.1) is 0 Å². The number of pyridine rings is 1. The van der Waals surface area contributed by atoms with Crippen LogP contribution in [0.4, 0.5) is 0 Å². The minimum absolute atomic E-state index is 0.00576. The van der Waals surface area contributed by atoms with E-state index in [0.29, 0.717) is 37.7 Å². The number of piperazine rings is 1. The smallest absolute Gasteiger partial charge is 0.255 e. The maximum atomic E-state index is 12.7. The van der Waals surface area contributed by atoms with Gasteiger partial charge in [0.1, 0.15) is 0 Å². The number of nitrogens with zero attached hydrogens (tertiary/aromatic N) is 3. The number of benzene rings is 1. The Bertz CT molecular complexity index is 755. The van der Waals surface area contributed by atoms with Crippen LogP contribution in [0.3, 0.4) is 0 Å². The first-order valence-corrected chi connectivity index (χ1v) is 8.77. The van der Waals surface area contributed by atoms with Crippen LogP contribution >= 0.6 is 0 Å². The number of hydrogen-bond acceptors (Lipinski definition) is 3. The van der Waals surface area contributed by atoms with E-state index in [1.807, 2.05) is 28.0 Å². The fourth-order valence-electron chi connectivity index (χ4n) is 3.57. The van der Waals surface area contributed by atoms with Gasteiger partial charge in [0.25, 0.3) is 5.91 Å². The maximum absolute atomic E-state index is 12.7. The van der Waals surface area contributed by atoms with Crippen molar-refractivity contribution in [2.45, 2.75) is 12.3 Å². The molecule has 1 aromatic carbocycles. The lowest BCUT2D eigenvalue weighted by Gasteiger charge is -2.35. The standard InChI is InChI=1S/C20H21N3O2/c24-19(16-7-4-8-21-14-16)22-9-11-23(12-10-22)20(25)18-13-17(18)15-5-2-1-3-6-15/h1-8,14,17-18H,9-13H2. The van der Waals surface area contributed by atoms with Crippen LogP contribution < -0.4 is 0 Å². The van der Waals surface area contributed by atoms with E-state index >= 15 is 0 Å². The molecule has 0 N–H and O–H groups in total. The average molecular weight is 335 g/mol. The summed E-state index contributed by atoms with van der Waals surface area (Å²) in [5, 5.41) is 0. The van der Waals surface area contributed by atoms with Crippen LogP contribution in [0.2, 0.25) is 0 Å². The third-order valence-electron chi connectivity index (χ3n) is 5.12. The van der Waals surface area contributed by atoms with E-state index in [0.717, 1.165) is 6.42 Å². The lowest BCUT2D eigenvalue weighted by atomic mass is 10.1. The molecule has 25 heavy (non-hydrogen) atoms. The van der Waals surface area contributed by atoms with Crippen molar-refractivity contribution in [2.75, 3.05) is 26.2 Å². The summed E-state index contributed by atoms with van der Waals surface area (Å²) in [7, 11) is 0. The monoisotopic (exact) mass is 335 g/mol. The second-order valence-electron chi connectivity index (χ2n) is 6.72. The van der Waals surface area contributed by atoms with Crippen molar-refractivity contribution in [3.05, 3.63) is 66.0 Å². The maximum Gasteiger partial charge on any atom is 0.255 e. The molecular formula is C20H21N3O2. The molecule has 128 valence electrons. The molecule has 2 fully saturated rings. The zero-order valence-corrected chi connectivity index (χ0v) is 14.0. The largest absolute Gasteiger partial charge is 0.339 e. The molecule has 1 aliphatic carbocycles. The number of carbonyl (C=O) groups excluding carboxylic acids is 2. The second-order valence-corrected chi connectivity index (χ2v) is 6.72. The highest BCUT2D eigenvalue weighted by Gasteiger charge is 2.46. The zero-order chi connectivity index (χ0) is 17.2. The van der Waals surface area contributed by atoms with Crippen molar-refractivity contribution in [2.24, 2.45) is 5.92 Å². The van der Waals surface area contributed by atoms with Crippen molar-refractivity contribution in [1.82, 2.24) is 14.8 Å². The first kappa shape index (κ1) is 15.8. The molecular weight excluding hydrogens is 314 g/mol. The van der Waals surface area contributed by atoms with Crippen LogP contribution in [0.15, 0.2) is 54.9 Å². The molecule has 1 saturated heterocycles. The SMILES string of the molecule is O=C(c1cccnc1)N1CCN(C(=O)C2CC2c2ccccc2)CC1. The zero-order valence-electron chi connectivity index (χ0n) is 14.0. The highest BCUT2D eigenvalue weighted by Crippen LogP contribution is 2.48. The summed E-state index contributed by atoms with van der Waals surface area (Å²) < 4.78 is 0. The van der Waals surface area contributed by atoms with Gasteiger partial charge in [0.2, 0.25) is 5.91 Å². The van der Waals surface area contributed by atoms with Gasteiger partial charge >= 0.3 is 0 Å². The first-order valence-electron chi connectivity index (χ1n) is 8.77. The van der Waals surface area contributed by atoms with Gasteiger partial charge in [-0.1, -0.05) is 30.3 Å². The summed E-state index contributed by atoms with van der Waals surface area (Å²) in [4.78, 5) is 32.9. The van der Waals surface area contributed by atoms with Crippen LogP contribution in [-0.4, -0.2) is 52.8 Å². The molecule has 2 atom stereocenters. The van der Waals surface area contributed by atoms with Crippen molar-refractivity contribution in [3.8, 4) is 0 Å². The predicted molar refractivity (Wildman–Crippen MR) is 94.0 cm³/mol. The molecule has 0 bridgehead atoms. The molecule has 0 spiro atoms. The lowest BCUT2D eigenvalue weighted by molar-refractivity contribution is -0.134. The summed E-state index contributed by atoms with van der Waals surface area (Å²) in [5.41, 5.74) is 1.86. The summed E-state index contributed by atoms with van der Waals surface area (Å²) in [6.45, 7) is 2.40. The number of aromatic nitrogens is 1. The Morgan fingerprint density at radius 2 is 1.64 bits per heavy atom. The summed E-state index contributed by atoms with van der Waals surface area (Å²) in [5.74, 6) is 0.711. The van der Waals surface area contributed by atoms with Gasteiger partial charge in [0.15, 0.2) is 0 Å². The van der Waals surface area contributed by atoms with Gasteiger partial charge in [-0.25, -0.2) is 0 Å². The van der Waals surface area contributed by atoms with Crippen LogP contribution in [-0.2, 0) is 4.79 Å². The Labute approximate surface area is 147 Å². The van der Waals surface area contributed by atoms with Crippen LogP contribution in [0.25, 0.3) is 0 Å². The second kappa shape index (κ2) is 6.67. The topological polar surface area (TPSA) is 53.5 Å². The van der Waals surface area contributed by atoms with Gasteiger partial charge in [0, 0.05) is 44.5 Å². The van der Waals surface area contributed by atoms with E-state index in [1.165, 1.54) is 5.56 Å². The van der Waals surface area contributed by atoms with E-state index < -0.39 is 0 Å². The summed E-state index contributed by atoms with van der Waals surface area (Å²) in [6, 6.07) is 13.8. The Morgan fingerprint density at radius 1 is 0.920 bits per heavy atom. The average Bonchev–Trinajstić information content (AvgIpc) is 3.49. The normalized spacial score (nSPS) is 22.6. The number of carbonyl (C=O) groups is 2. The van der Waals surface area contributed by atoms with Gasteiger partial charge in [-0.05, 0) is 30.0 Å². The third kappa shape index (κ3) is 3.27. The quantitative estimate of drug-likeness (QED) is 0.864. The fourth-order valence-corrected chi connectivity index (χ4v) is 3.57. The molecule has 0 radical (unpaired) electrons. The highest BCUT2D eigenvalue weighted by molar-refractivity contribution is 5.94. The number of hydrogen-bond donors (Lipinski definition) is 0. The summed E-state index contributed by atoms with van der Waals surface area (Å²) >= 11 is 0. The minimum Gasteiger partial charge on any atom is -0.339 e. The van der Waals surface area contributed by atoms with Crippen molar-refractivity contribution < 1.29 is 9.59 Å². The Morgan fingerprint density at radius 3 is 2.32 bits per heavy atom. The van der Waals surface area contributed by atoms with Gasteiger partial charge in [0.05, 0.1) is 5.56 Å². The molecule has 1 aliphatic heterocycles. The molecule has 2 aromatic rings. The van der Waals surface area contributed by atoms with Crippen LogP contribution in [0, 0.1) is 5.92 Å². The number of amides is 2. The van der Waals surface area contributed by atoms with E-state index in [2.05, 4.69) is 17.1 Å². The van der Waals surface area contributed by atoms with Crippen molar-refractivity contribution >= 4 is 11.8 Å². The number of rotatable bonds is 3. The Balaban J connectivity index is 1.32. The molecule has 4 rings (SSSR count). The van der Waals surface area contributed by atoms with E-state index in [4.69, 9.17) is 0 Å². The van der Waals surface area contributed by atoms with E-state index in [9.17, 15) is 9.59 Å². The molecule has 2 amide bonds. The predicted octanol–water partition coefficient (Wildman–Crippen LogP) is 2.17. The van der Waals surface area contributed by atoms with Crippen molar-refractivity contribution in [1.29, 1.82) is 0 Å². The van der Waals surface area contributed by atoms with E-state index in [1.54, 1.807) is 24.5 Å². The van der Waals surface area contributed by atoms with Gasteiger partial charge in [-0.3, -0.25) is 14.6 Å². The molecule has 2 aliphatic rings. The lowest BCUT2D eigenvalue weighted by Crippen LogP contribution is -2.51. The van der Waals surface area contributed by atoms with Crippen molar-refractivity contribution in [3.63, 3.8) is 0 Å². The van der Waals surface area contributed by atoms with Crippen LogP contribution in [0.5, 0.6) is 0 Å². The van der Waals surface area contributed by atoms with Gasteiger partial charge in [-0.2, -0.15) is 0 Å². The van der Waals surface area contributed by atoms with Gasteiger partial charge < -0.3 is 9.80 Å². The van der Waals surface area contributed by atoms with Crippen LogP contribution in [0.1, 0.15) is 28.3 Å². The minimum atomic E-state index is -0.00576. The molecule has 2 unspecified atom stereocenters. The summed E-state index contributed by atoms with van der Waals surface area (Å²) in [6.07, 6.45) is 4.19. The molecule has 1 aromatic heterocycles. The first-order chi connectivity index (χ1) is 12.2. The van der Waals surface area contributed by atoms with E-state index in [-0.39, 0.29) is 17.7 Å². The highest BCUT2D eigenvalue weighted by atomic mass is 16.2. The fraction of sp³-hybridized carbons (Fsp3) is 0.350. The molecule has 5 nitrogen and oxygen atoms in total. The Kier molecular flexibility index (Phi) is 4.22. The molecule has 2 heterocycles.